The fourth-order valence-corrected chi connectivity index (χ4v) is 2.34. The first-order valence-electron chi connectivity index (χ1n) is 7.69. The molecule has 0 saturated carbocycles. The quantitative estimate of drug-likeness (QED) is 0.464. The Hall–Kier alpha value is -2.67. The molecule has 0 aliphatic carbocycles. The summed E-state index contributed by atoms with van der Waals surface area (Å²) in [7, 11) is 3.15. The summed E-state index contributed by atoms with van der Waals surface area (Å²) in [6.07, 6.45) is 0.678. The summed E-state index contributed by atoms with van der Waals surface area (Å²) in [6.45, 7) is 1.97. The van der Waals surface area contributed by atoms with Crippen molar-refractivity contribution >= 4 is 28.7 Å². The molecule has 0 amide bonds. The molecule has 2 aromatic carbocycles. The second-order valence-corrected chi connectivity index (χ2v) is 5.46. The number of nitrogens with zero attached hydrogens (tertiary/aromatic N) is 1. The molecule has 25 heavy (non-hydrogen) atoms. The molecule has 0 aromatic heterocycles. The minimum Gasteiger partial charge on any atom is -0.493 e. The topological polar surface area (TPSA) is 54.9 Å². The van der Waals surface area contributed by atoms with Crippen molar-refractivity contribution in [3.63, 3.8) is 0 Å². The monoisotopic (exact) mass is 361 g/mol. The van der Waals surface area contributed by atoms with E-state index in [9.17, 15) is 4.39 Å². The molecule has 2 aromatic rings. The van der Waals surface area contributed by atoms with Crippen LogP contribution in [-0.4, -0.2) is 25.0 Å². The molecule has 0 heterocycles. The Morgan fingerprint density at radius 2 is 1.76 bits per heavy atom. The molecule has 0 saturated heterocycles. The maximum atomic E-state index is 13.0. The SMILES string of the molecule is CC/C(=N/NC(=S)Nc1ccc(OC)c(OC)c1)c1ccc(F)cc1. The highest BCUT2D eigenvalue weighted by atomic mass is 32.1. The van der Waals surface area contributed by atoms with E-state index in [1.54, 1.807) is 38.5 Å². The zero-order chi connectivity index (χ0) is 18.2. The first kappa shape index (κ1) is 18.7. The predicted molar refractivity (Wildman–Crippen MR) is 102 cm³/mol. The third kappa shape index (κ3) is 5.15. The minimum atomic E-state index is -0.280. The van der Waals surface area contributed by atoms with E-state index in [0.717, 1.165) is 17.0 Å². The van der Waals surface area contributed by atoms with Crippen LogP contribution in [0.15, 0.2) is 47.6 Å². The van der Waals surface area contributed by atoms with Crippen LogP contribution in [0.5, 0.6) is 11.5 Å². The zero-order valence-corrected chi connectivity index (χ0v) is 15.1. The summed E-state index contributed by atoms with van der Waals surface area (Å²) in [4.78, 5) is 0. The summed E-state index contributed by atoms with van der Waals surface area (Å²) in [5, 5.41) is 7.66. The van der Waals surface area contributed by atoms with Gasteiger partial charge in [0, 0.05) is 11.8 Å². The van der Waals surface area contributed by atoms with Gasteiger partial charge >= 0.3 is 0 Å². The van der Waals surface area contributed by atoms with Gasteiger partial charge in [-0.25, -0.2) is 4.39 Å². The Morgan fingerprint density at radius 3 is 2.36 bits per heavy atom. The predicted octanol–water partition coefficient (Wildman–Crippen LogP) is 3.94. The molecular weight excluding hydrogens is 341 g/mol. The van der Waals surface area contributed by atoms with E-state index >= 15 is 0 Å². The molecule has 7 heteroatoms. The Labute approximate surface area is 151 Å². The lowest BCUT2D eigenvalue weighted by molar-refractivity contribution is 0.355. The van der Waals surface area contributed by atoms with Gasteiger partial charge in [0.1, 0.15) is 5.82 Å². The van der Waals surface area contributed by atoms with E-state index in [0.29, 0.717) is 23.0 Å². The summed E-state index contributed by atoms with van der Waals surface area (Å²) >= 11 is 5.25. The van der Waals surface area contributed by atoms with Crippen molar-refractivity contribution in [2.24, 2.45) is 5.10 Å². The maximum Gasteiger partial charge on any atom is 0.191 e. The molecule has 0 atom stereocenters. The summed E-state index contributed by atoms with van der Waals surface area (Å²) in [5.74, 6) is 0.951. The lowest BCUT2D eigenvalue weighted by Gasteiger charge is -2.12. The number of hydrogen-bond donors (Lipinski definition) is 2. The van der Waals surface area contributed by atoms with Gasteiger partial charge in [0.05, 0.1) is 19.9 Å². The number of thiocarbonyl (C=S) groups is 1. The Morgan fingerprint density at radius 1 is 1.08 bits per heavy atom. The standard InChI is InChI=1S/C18H20FN3O2S/c1-4-15(12-5-7-13(19)8-6-12)21-22-18(25)20-14-9-10-16(23-2)17(11-14)24-3/h5-11H,4H2,1-3H3,(H2,20,22,25)/b21-15-. The number of hydrazone groups is 1. The molecular formula is C18H20FN3O2S. The number of halogens is 1. The first-order chi connectivity index (χ1) is 12.1. The van der Waals surface area contributed by atoms with Gasteiger partial charge in [0.2, 0.25) is 0 Å². The Kier molecular flexibility index (Phi) is 6.71. The van der Waals surface area contributed by atoms with Crippen LogP contribution < -0.4 is 20.2 Å². The van der Waals surface area contributed by atoms with Gasteiger partial charge in [0.25, 0.3) is 0 Å². The molecule has 0 aliphatic rings. The molecule has 2 N–H and O–H groups in total. The van der Waals surface area contributed by atoms with E-state index in [2.05, 4.69) is 15.8 Å². The van der Waals surface area contributed by atoms with Crippen molar-refractivity contribution in [1.29, 1.82) is 0 Å². The van der Waals surface area contributed by atoms with E-state index in [1.165, 1.54) is 12.1 Å². The molecule has 0 bridgehead atoms. The number of anilines is 1. The lowest BCUT2D eigenvalue weighted by atomic mass is 10.1. The Balaban J connectivity index is 2.05. The van der Waals surface area contributed by atoms with Crippen molar-refractivity contribution < 1.29 is 13.9 Å². The van der Waals surface area contributed by atoms with Gasteiger partial charge in [-0.05, 0) is 48.5 Å². The fraction of sp³-hybridized carbons (Fsp3) is 0.222. The summed E-state index contributed by atoms with van der Waals surface area (Å²) in [6, 6.07) is 11.6. The van der Waals surface area contributed by atoms with Crippen LogP contribution in [0.1, 0.15) is 18.9 Å². The van der Waals surface area contributed by atoms with Crippen molar-refractivity contribution in [3.8, 4) is 11.5 Å². The fourth-order valence-electron chi connectivity index (χ4n) is 2.18. The molecule has 132 valence electrons. The van der Waals surface area contributed by atoms with Crippen LogP contribution in [-0.2, 0) is 0 Å². The van der Waals surface area contributed by atoms with Gasteiger partial charge in [-0.3, -0.25) is 5.43 Å². The molecule has 0 aliphatic heterocycles. The molecule has 0 fully saturated rings. The number of ether oxygens (including phenoxy) is 2. The van der Waals surface area contributed by atoms with E-state index in [4.69, 9.17) is 21.7 Å². The molecule has 0 unspecified atom stereocenters. The highest BCUT2D eigenvalue weighted by molar-refractivity contribution is 7.80. The van der Waals surface area contributed by atoms with Crippen LogP contribution >= 0.6 is 12.2 Å². The number of rotatable bonds is 6. The normalized spacial score (nSPS) is 11.0. The van der Waals surface area contributed by atoms with Gasteiger partial charge in [-0.15, -0.1) is 0 Å². The maximum absolute atomic E-state index is 13.0. The van der Waals surface area contributed by atoms with Crippen molar-refractivity contribution in [1.82, 2.24) is 5.43 Å². The average molecular weight is 361 g/mol. The minimum absolute atomic E-state index is 0.280. The molecule has 0 spiro atoms. The molecule has 2 rings (SSSR count). The van der Waals surface area contributed by atoms with Crippen LogP contribution in [0.2, 0.25) is 0 Å². The van der Waals surface area contributed by atoms with Crippen LogP contribution in [0, 0.1) is 5.82 Å². The Bertz CT molecular complexity index is 763. The number of nitrogens with one attached hydrogen (secondary N) is 2. The summed E-state index contributed by atoms with van der Waals surface area (Å²) in [5.41, 5.74) is 5.16. The van der Waals surface area contributed by atoms with Crippen LogP contribution in [0.3, 0.4) is 0 Å². The smallest absolute Gasteiger partial charge is 0.191 e. The second-order valence-electron chi connectivity index (χ2n) is 5.05. The highest BCUT2D eigenvalue weighted by Gasteiger charge is 2.06. The van der Waals surface area contributed by atoms with Crippen molar-refractivity contribution in [2.45, 2.75) is 13.3 Å². The largest absolute Gasteiger partial charge is 0.493 e. The van der Waals surface area contributed by atoms with Crippen molar-refractivity contribution in [2.75, 3.05) is 19.5 Å². The van der Waals surface area contributed by atoms with E-state index in [-0.39, 0.29) is 5.82 Å². The first-order valence-corrected chi connectivity index (χ1v) is 8.09. The second kappa shape index (κ2) is 8.98. The van der Waals surface area contributed by atoms with Crippen LogP contribution in [0.4, 0.5) is 10.1 Å². The van der Waals surface area contributed by atoms with E-state index in [1.807, 2.05) is 13.0 Å². The van der Waals surface area contributed by atoms with Gasteiger partial charge in [0.15, 0.2) is 16.6 Å². The third-order valence-corrected chi connectivity index (χ3v) is 3.64. The number of methoxy groups -OCH3 is 2. The zero-order valence-electron chi connectivity index (χ0n) is 14.3. The lowest BCUT2D eigenvalue weighted by Crippen LogP contribution is -2.25. The van der Waals surface area contributed by atoms with Gasteiger partial charge in [-0.1, -0.05) is 19.1 Å². The molecule has 5 nitrogen and oxygen atoms in total. The molecule has 0 radical (unpaired) electrons. The van der Waals surface area contributed by atoms with Gasteiger partial charge in [-0.2, -0.15) is 5.10 Å². The van der Waals surface area contributed by atoms with E-state index < -0.39 is 0 Å². The third-order valence-electron chi connectivity index (χ3n) is 3.45. The van der Waals surface area contributed by atoms with Crippen LogP contribution in [0.25, 0.3) is 0 Å². The van der Waals surface area contributed by atoms with Crippen molar-refractivity contribution in [3.05, 3.63) is 53.8 Å². The number of benzene rings is 2. The highest BCUT2D eigenvalue weighted by Crippen LogP contribution is 2.29. The summed E-state index contributed by atoms with van der Waals surface area (Å²) < 4.78 is 23.5. The van der Waals surface area contributed by atoms with Gasteiger partial charge < -0.3 is 14.8 Å². The number of hydrogen-bond acceptors (Lipinski definition) is 4. The average Bonchev–Trinajstić information content (AvgIpc) is 2.63.